The second-order valence-electron chi connectivity index (χ2n) is 4.04. The number of halogens is 1. The maximum atomic E-state index is 11.5. The summed E-state index contributed by atoms with van der Waals surface area (Å²) in [5, 5.41) is 0.711. The molecule has 0 heterocycles. The van der Waals surface area contributed by atoms with E-state index in [1.54, 1.807) is 6.07 Å². The van der Waals surface area contributed by atoms with Crippen LogP contribution in [0.5, 0.6) is 0 Å². The monoisotopic (exact) mass is 239 g/mol. The molecule has 1 aromatic rings. The molecule has 0 saturated carbocycles. The number of ether oxygens (including phenoxy) is 1. The Hall–Kier alpha value is -1.06. The van der Waals surface area contributed by atoms with Crippen molar-refractivity contribution in [1.82, 2.24) is 0 Å². The Morgan fingerprint density at radius 1 is 1.56 bits per heavy atom. The summed E-state index contributed by atoms with van der Waals surface area (Å²) in [5.41, 5.74) is 8.22. The molecule has 0 spiro atoms. The fraction of sp³-hybridized carbons (Fsp3) is 0.417. The number of carbonyl (C=O) groups excluding carboxylic acids is 1. The van der Waals surface area contributed by atoms with Gasteiger partial charge in [-0.2, -0.15) is 0 Å². The lowest BCUT2D eigenvalue weighted by molar-refractivity contribution is -0.146. The molecule has 16 heavy (non-hydrogen) atoms. The zero-order valence-electron chi connectivity index (χ0n) is 9.07. The van der Waals surface area contributed by atoms with Crippen LogP contribution in [0.25, 0.3) is 0 Å². The highest BCUT2D eigenvalue weighted by Crippen LogP contribution is 2.34. The number of esters is 1. The molecule has 2 atom stereocenters. The Balaban J connectivity index is 2.32. The van der Waals surface area contributed by atoms with Crippen LogP contribution < -0.4 is 5.73 Å². The van der Waals surface area contributed by atoms with E-state index in [4.69, 9.17) is 22.1 Å². The molecular formula is C12H14ClNO2. The molecule has 1 aromatic carbocycles. The maximum Gasteiger partial charge on any atom is 0.310 e. The minimum absolute atomic E-state index is 0.229. The van der Waals surface area contributed by atoms with Crippen molar-refractivity contribution < 1.29 is 9.53 Å². The molecule has 1 aliphatic rings. The molecule has 2 rings (SSSR count). The highest BCUT2D eigenvalue weighted by atomic mass is 35.5. The van der Waals surface area contributed by atoms with Gasteiger partial charge in [-0.3, -0.25) is 4.79 Å². The molecular weight excluding hydrogens is 226 g/mol. The molecule has 4 heteroatoms. The number of hydrogen-bond acceptors (Lipinski definition) is 3. The topological polar surface area (TPSA) is 52.3 Å². The molecule has 0 fully saturated rings. The zero-order chi connectivity index (χ0) is 11.7. The molecule has 1 aliphatic carbocycles. The standard InChI is InChI=1S/C12H14ClNO2/c1-16-12(15)10-4-2-7-6-8(13)3-5-9(7)11(10)14/h3,5-6,10-11H,2,4,14H2,1H3. The van der Waals surface area contributed by atoms with Gasteiger partial charge in [0.05, 0.1) is 13.0 Å². The number of aryl methyl sites for hydroxylation is 1. The van der Waals surface area contributed by atoms with Gasteiger partial charge in [-0.1, -0.05) is 17.7 Å². The van der Waals surface area contributed by atoms with Crippen LogP contribution in [0.3, 0.4) is 0 Å². The van der Waals surface area contributed by atoms with Crippen molar-refractivity contribution in [2.24, 2.45) is 11.7 Å². The Morgan fingerprint density at radius 2 is 2.31 bits per heavy atom. The van der Waals surface area contributed by atoms with Crippen molar-refractivity contribution in [2.75, 3.05) is 7.11 Å². The van der Waals surface area contributed by atoms with Crippen LogP contribution in [0.15, 0.2) is 18.2 Å². The summed E-state index contributed by atoms with van der Waals surface area (Å²) >= 11 is 5.92. The molecule has 0 aliphatic heterocycles. The van der Waals surface area contributed by atoms with Gasteiger partial charge in [0.1, 0.15) is 0 Å². The molecule has 0 saturated heterocycles. The highest BCUT2D eigenvalue weighted by molar-refractivity contribution is 6.30. The third-order valence-corrected chi connectivity index (χ3v) is 3.36. The first-order valence-corrected chi connectivity index (χ1v) is 5.63. The van der Waals surface area contributed by atoms with E-state index in [-0.39, 0.29) is 17.9 Å². The van der Waals surface area contributed by atoms with E-state index in [1.807, 2.05) is 12.1 Å². The van der Waals surface area contributed by atoms with E-state index < -0.39 is 0 Å². The first-order valence-electron chi connectivity index (χ1n) is 5.25. The van der Waals surface area contributed by atoms with Gasteiger partial charge in [-0.15, -0.1) is 0 Å². The summed E-state index contributed by atoms with van der Waals surface area (Å²) in [4.78, 5) is 11.5. The van der Waals surface area contributed by atoms with E-state index in [9.17, 15) is 4.79 Å². The van der Waals surface area contributed by atoms with Crippen molar-refractivity contribution in [3.63, 3.8) is 0 Å². The second-order valence-corrected chi connectivity index (χ2v) is 4.47. The van der Waals surface area contributed by atoms with Gasteiger partial charge in [0, 0.05) is 11.1 Å². The van der Waals surface area contributed by atoms with Gasteiger partial charge in [-0.05, 0) is 36.1 Å². The second kappa shape index (κ2) is 4.44. The Morgan fingerprint density at radius 3 is 3.00 bits per heavy atom. The molecule has 2 unspecified atom stereocenters. The summed E-state index contributed by atoms with van der Waals surface area (Å²) in [5.74, 6) is -0.466. The normalized spacial score (nSPS) is 23.7. The van der Waals surface area contributed by atoms with Gasteiger partial charge in [-0.25, -0.2) is 0 Å². The molecule has 86 valence electrons. The van der Waals surface area contributed by atoms with Crippen LogP contribution in [0, 0.1) is 5.92 Å². The Bertz CT molecular complexity index is 419. The van der Waals surface area contributed by atoms with E-state index in [1.165, 1.54) is 7.11 Å². The number of hydrogen-bond donors (Lipinski definition) is 1. The zero-order valence-corrected chi connectivity index (χ0v) is 9.83. The molecule has 0 aromatic heterocycles. The van der Waals surface area contributed by atoms with Crippen LogP contribution in [0.2, 0.25) is 5.02 Å². The number of rotatable bonds is 1. The summed E-state index contributed by atoms with van der Waals surface area (Å²) in [6.07, 6.45) is 1.55. The van der Waals surface area contributed by atoms with Crippen molar-refractivity contribution in [1.29, 1.82) is 0 Å². The summed E-state index contributed by atoms with van der Waals surface area (Å²) in [7, 11) is 1.40. The smallest absolute Gasteiger partial charge is 0.310 e. The van der Waals surface area contributed by atoms with E-state index in [2.05, 4.69) is 0 Å². The van der Waals surface area contributed by atoms with E-state index in [0.717, 1.165) is 24.0 Å². The van der Waals surface area contributed by atoms with Gasteiger partial charge < -0.3 is 10.5 Å². The largest absolute Gasteiger partial charge is 0.469 e. The average molecular weight is 240 g/mol. The minimum atomic E-state index is -0.284. The number of nitrogens with two attached hydrogens (primary N) is 1. The summed E-state index contributed by atoms with van der Waals surface area (Å²) < 4.78 is 4.75. The fourth-order valence-electron chi connectivity index (χ4n) is 2.24. The molecule has 3 nitrogen and oxygen atoms in total. The van der Waals surface area contributed by atoms with Crippen LogP contribution >= 0.6 is 11.6 Å². The van der Waals surface area contributed by atoms with E-state index >= 15 is 0 Å². The lowest BCUT2D eigenvalue weighted by atomic mass is 9.80. The third-order valence-electron chi connectivity index (χ3n) is 3.13. The van der Waals surface area contributed by atoms with E-state index in [0.29, 0.717) is 5.02 Å². The van der Waals surface area contributed by atoms with Crippen LogP contribution in [0.1, 0.15) is 23.6 Å². The molecule has 2 N–H and O–H groups in total. The van der Waals surface area contributed by atoms with Crippen molar-refractivity contribution in [2.45, 2.75) is 18.9 Å². The quantitative estimate of drug-likeness (QED) is 0.764. The number of benzene rings is 1. The predicted molar refractivity (Wildman–Crippen MR) is 62.2 cm³/mol. The van der Waals surface area contributed by atoms with Crippen LogP contribution in [0.4, 0.5) is 0 Å². The van der Waals surface area contributed by atoms with Gasteiger partial charge >= 0.3 is 5.97 Å². The van der Waals surface area contributed by atoms with Gasteiger partial charge in [0.2, 0.25) is 0 Å². The average Bonchev–Trinajstić information content (AvgIpc) is 2.28. The fourth-order valence-corrected chi connectivity index (χ4v) is 2.43. The first kappa shape index (κ1) is 11.4. The number of carbonyl (C=O) groups is 1. The van der Waals surface area contributed by atoms with Gasteiger partial charge in [0.25, 0.3) is 0 Å². The lowest BCUT2D eigenvalue weighted by Crippen LogP contribution is -2.33. The summed E-state index contributed by atoms with van der Waals surface area (Å²) in [6, 6.07) is 5.34. The van der Waals surface area contributed by atoms with Crippen LogP contribution in [-0.4, -0.2) is 13.1 Å². The van der Waals surface area contributed by atoms with Gasteiger partial charge in [0.15, 0.2) is 0 Å². The third kappa shape index (κ3) is 1.93. The first-order chi connectivity index (χ1) is 7.63. The van der Waals surface area contributed by atoms with Crippen molar-refractivity contribution in [3.8, 4) is 0 Å². The lowest BCUT2D eigenvalue weighted by Gasteiger charge is -2.29. The van der Waals surface area contributed by atoms with Crippen molar-refractivity contribution >= 4 is 17.6 Å². The molecule has 0 radical (unpaired) electrons. The highest BCUT2D eigenvalue weighted by Gasteiger charge is 2.32. The number of fused-ring (bicyclic) bond motifs is 1. The SMILES string of the molecule is COC(=O)C1CCc2cc(Cl)ccc2C1N. The maximum absolute atomic E-state index is 11.5. The number of methoxy groups -OCH3 is 1. The predicted octanol–water partition coefficient (Wildman–Crippen LogP) is 2.08. The van der Waals surface area contributed by atoms with Crippen molar-refractivity contribution in [3.05, 3.63) is 34.3 Å². The Labute approximate surface area is 99.5 Å². The van der Waals surface area contributed by atoms with Crippen LogP contribution in [-0.2, 0) is 16.0 Å². The minimum Gasteiger partial charge on any atom is -0.469 e. The molecule has 0 bridgehead atoms. The Kier molecular flexibility index (Phi) is 3.17. The summed E-state index contributed by atoms with van der Waals surface area (Å²) in [6.45, 7) is 0. The molecule has 0 amide bonds.